The van der Waals surface area contributed by atoms with Gasteiger partial charge in [0.15, 0.2) is 5.82 Å². The Kier molecular flexibility index (Phi) is 2.85. The van der Waals surface area contributed by atoms with E-state index >= 15 is 0 Å². The largest absolute Gasteiger partial charge is 0.481 e. The van der Waals surface area contributed by atoms with Gasteiger partial charge in [-0.15, -0.1) is 5.10 Å². The van der Waals surface area contributed by atoms with Gasteiger partial charge in [0.1, 0.15) is 11.6 Å². The fourth-order valence-electron chi connectivity index (χ4n) is 3.49. The Morgan fingerprint density at radius 3 is 2.75 bits per heavy atom. The van der Waals surface area contributed by atoms with E-state index < -0.39 is 5.97 Å². The van der Waals surface area contributed by atoms with Crippen LogP contribution in [-0.2, 0) is 4.79 Å². The maximum Gasteiger partial charge on any atom is 0.308 e. The van der Waals surface area contributed by atoms with E-state index in [1.54, 1.807) is 0 Å². The van der Waals surface area contributed by atoms with Crippen LogP contribution >= 0.6 is 0 Å². The average Bonchev–Trinajstić information content (AvgIpc) is 2.99. The van der Waals surface area contributed by atoms with Gasteiger partial charge in [0.25, 0.3) is 0 Å². The number of aromatic nitrogens is 2. The van der Waals surface area contributed by atoms with Crippen LogP contribution in [0.5, 0.6) is 0 Å². The number of hydrogen-bond donors (Lipinski definition) is 1. The number of aryl methyl sites for hydroxylation is 1. The first-order valence-electron chi connectivity index (χ1n) is 6.79. The molecular weight excluding hydrogens is 256 g/mol. The SMILES string of the molecule is Cc1nnc(N2C3CCC2C(C(=O)O)C3)c(C#N)c1C. The minimum atomic E-state index is -0.752. The van der Waals surface area contributed by atoms with Gasteiger partial charge >= 0.3 is 5.97 Å². The van der Waals surface area contributed by atoms with E-state index in [-0.39, 0.29) is 18.0 Å². The normalized spacial score (nSPS) is 27.6. The second-order valence-corrected chi connectivity index (χ2v) is 5.61. The van der Waals surface area contributed by atoms with Gasteiger partial charge in [-0.05, 0) is 38.7 Å². The minimum absolute atomic E-state index is 0.0546. The molecule has 3 unspecified atom stereocenters. The molecule has 104 valence electrons. The first-order chi connectivity index (χ1) is 9.54. The zero-order chi connectivity index (χ0) is 14.4. The summed E-state index contributed by atoms with van der Waals surface area (Å²) in [6.07, 6.45) is 2.45. The van der Waals surface area contributed by atoms with Gasteiger partial charge in [-0.3, -0.25) is 4.79 Å². The van der Waals surface area contributed by atoms with Crippen LogP contribution < -0.4 is 4.90 Å². The molecule has 2 fully saturated rings. The second-order valence-electron chi connectivity index (χ2n) is 5.61. The highest BCUT2D eigenvalue weighted by atomic mass is 16.4. The second kappa shape index (κ2) is 4.44. The zero-order valence-electron chi connectivity index (χ0n) is 11.5. The van der Waals surface area contributed by atoms with Crippen molar-refractivity contribution in [3.63, 3.8) is 0 Å². The first kappa shape index (κ1) is 12.9. The summed E-state index contributed by atoms with van der Waals surface area (Å²) in [5, 5.41) is 27.0. The van der Waals surface area contributed by atoms with Crippen molar-refractivity contribution in [3.8, 4) is 6.07 Å². The highest BCUT2D eigenvalue weighted by Crippen LogP contribution is 2.45. The molecule has 0 saturated carbocycles. The molecule has 20 heavy (non-hydrogen) atoms. The molecule has 1 aromatic heterocycles. The molecule has 6 heteroatoms. The number of anilines is 1. The van der Waals surface area contributed by atoms with Crippen molar-refractivity contribution in [1.82, 2.24) is 10.2 Å². The van der Waals surface area contributed by atoms with E-state index in [0.29, 0.717) is 17.8 Å². The van der Waals surface area contributed by atoms with Gasteiger partial charge in [-0.1, -0.05) is 0 Å². The van der Waals surface area contributed by atoms with Gasteiger partial charge < -0.3 is 10.0 Å². The fourth-order valence-corrected chi connectivity index (χ4v) is 3.49. The first-order valence-corrected chi connectivity index (χ1v) is 6.79. The third-order valence-electron chi connectivity index (χ3n) is 4.65. The van der Waals surface area contributed by atoms with E-state index in [1.807, 2.05) is 18.7 Å². The Balaban J connectivity index is 2.05. The van der Waals surface area contributed by atoms with Crippen LogP contribution in [0.15, 0.2) is 0 Å². The molecule has 3 atom stereocenters. The highest BCUT2D eigenvalue weighted by molar-refractivity contribution is 5.74. The Morgan fingerprint density at radius 1 is 1.40 bits per heavy atom. The zero-order valence-corrected chi connectivity index (χ0v) is 11.5. The van der Waals surface area contributed by atoms with E-state index in [2.05, 4.69) is 16.3 Å². The quantitative estimate of drug-likeness (QED) is 0.875. The number of hydrogen-bond acceptors (Lipinski definition) is 5. The van der Waals surface area contributed by atoms with Gasteiger partial charge in [-0.2, -0.15) is 10.4 Å². The summed E-state index contributed by atoms with van der Waals surface area (Å²) in [5.41, 5.74) is 2.10. The average molecular weight is 272 g/mol. The van der Waals surface area contributed by atoms with Crippen LogP contribution in [0.25, 0.3) is 0 Å². The lowest BCUT2D eigenvalue weighted by molar-refractivity contribution is -0.142. The third kappa shape index (κ3) is 1.66. The molecule has 0 aromatic carbocycles. The standard InChI is InChI=1S/C14H16N4O2/c1-7-8(2)16-17-13(11(7)6-15)18-9-3-4-12(18)10(5-9)14(19)20/h9-10,12H,3-5H2,1-2H3,(H,19,20). The number of carboxylic acids is 1. The summed E-state index contributed by atoms with van der Waals surface area (Å²) in [6, 6.07) is 2.32. The van der Waals surface area contributed by atoms with Crippen LogP contribution in [-0.4, -0.2) is 33.4 Å². The molecule has 3 heterocycles. The molecule has 0 amide bonds. The minimum Gasteiger partial charge on any atom is -0.481 e. The van der Waals surface area contributed by atoms with Crippen LogP contribution in [0.1, 0.15) is 36.1 Å². The smallest absolute Gasteiger partial charge is 0.308 e. The Morgan fingerprint density at radius 2 is 2.15 bits per heavy atom. The van der Waals surface area contributed by atoms with Gasteiger partial charge in [0, 0.05) is 12.1 Å². The van der Waals surface area contributed by atoms with Gasteiger partial charge in [0.05, 0.1) is 11.6 Å². The molecule has 2 saturated heterocycles. The molecule has 2 aliphatic heterocycles. The topological polar surface area (TPSA) is 90.1 Å². The van der Waals surface area contributed by atoms with Crippen molar-refractivity contribution < 1.29 is 9.90 Å². The Hall–Kier alpha value is -2.16. The fraction of sp³-hybridized carbons (Fsp3) is 0.571. The van der Waals surface area contributed by atoms with Gasteiger partial charge in [0.2, 0.25) is 0 Å². The summed E-state index contributed by atoms with van der Waals surface area (Å²) in [4.78, 5) is 13.3. The maximum atomic E-state index is 11.3. The predicted molar refractivity (Wildman–Crippen MR) is 71.3 cm³/mol. The van der Waals surface area contributed by atoms with Crippen molar-refractivity contribution in [3.05, 3.63) is 16.8 Å². The van der Waals surface area contributed by atoms with E-state index in [9.17, 15) is 15.2 Å². The highest BCUT2D eigenvalue weighted by Gasteiger charge is 2.50. The van der Waals surface area contributed by atoms with Crippen molar-refractivity contribution in [2.45, 2.75) is 45.2 Å². The summed E-state index contributed by atoms with van der Waals surface area (Å²) in [6.45, 7) is 3.68. The molecule has 6 nitrogen and oxygen atoms in total. The van der Waals surface area contributed by atoms with Crippen LogP contribution in [0, 0.1) is 31.1 Å². The summed E-state index contributed by atoms with van der Waals surface area (Å²) >= 11 is 0. The number of nitriles is 1. The van der Waals surface area contributed by atoms with Crippen LogP contribution in [0.4, 0.5) is 5.82 Å². The number of aliphatic carboxylic acids is 1. The Bertz CT molecular complexity index is 622. The monoisotopic (exact) mass is 272 g/mol. The lowest BCUT2D eigenvalue weighted by Crippen LogP contribution is -2.34. The molecule has 1 aromatic rings. The van der Waals surface area contributed by atoms with E-state index in [1.165, 1.54) is 0 Å². The van der Waals surface area contributed by atoms with Crippen molar-refractivity contribution in [2.24, 2.45) is 5.92 Å². The summed E-state index contributed by atoms with van der Waals surface area (Å²) in [7, 11) is 0. The molecule has 2 aliphatic rings. The molecule has 0 spiro atoms. The summed E-state index contributed by atoms with van der Waals surface area (Å²) < 4.78 is 0. The number of nitrogens with zero attached hydrogens (tertiary/aromatic N) is 4. The van der Waals surface area contributed by atoms with Crippen molar-refractivity contribution >= 4 is 11.8 Å². The lowest BCUT2D eigenvalue weighted by Gasteiger charge is -2.25. The van der Waals surface area contributed by atoms with E-state index in [0.717, 1.165) is 24.1 Å². The van der Waals surface area contributed by atoms with Crippen molar-refractivity contribution in [1.29, 1.82) is 5.26 Å². The summed E-state index contributed by atoms with van der Waals surface area (Å²) in [5.74, 6) is -0.548. The van der Waals surface area contributed by atoms with E-state index in [4.69, 9.17) is 0 Å². The van der Waals surface area contributed by atoms with Crippen molar-refractivity contribution in [2.75, 3.05) is 4.90 Å². The molecular formula is C14H16N4O2. The third-order valence-corrected chi connectivity index (χ3v) is 4.65. The van der Waals surface area contributed by atoms with Crippen LogP contribution in [0.2, 0.25) is 0 Å². The molecule has 2 bridgehead atoms. The molecule has 1 N–H and O–H groups in total. The van der Waals surface area contributed by atoms with Crippen LogP contribution in [0.3, 0.4) is 0 Å². The molecule has 0 aliphatic carbocycles. The number of carboxylic acid groups (broad SMARTS) is 1. The maximum absolute atomic E-state index is 11.3. The lowest BCUT2D eigenvalue weighted by atomic mass is 9.89. The number of fused-ring (bicyclic) bond motifs is 2. The molecule has 3 rings (SSSR count). The Labute approximate surface area is 117 Å². The molecule has 0 radical (unpaired) electrons. The van der Waals surface area contributed by atoms with Gasteiger partial charge in [-0.25, -0.2) is 0 Å². The number of rotatable bonds is 2. The predicted octanol–water partition coefficient (Wildman–Crippen LogP) is 1.41. The number of carbonyl (C=O) groups is 1.